The van der Waals surface area contributed by atoms with Crippen LogP contribution in [0.2, 0.25) is 0 Å². The molecular weight excluding hydrogens is 260 g/mol. The molecule has 1 N–H and O–H groups in total. The molecule has 21 heavy (non-hydrogen) atoms. The third kappa shape index (κ3) is 4.32. The zero-order valence-electron chi connectivity index (χ0n) is 13.6. The average Bonchev–Trinajstić information content (AvgIpc) is 2.83. The second kappa shape index (κ2) is 8.20. The van der Waals surface area contributed by atoms with Gasteiger partial charge in [-0.25, -0.2) is 0 Å². The van der Waals surface area contributed by atoms with Gasteiger partial charge in [0.2, 0.25) is 0 Å². The Morgan fingerprint density at radius 1 is 1.14 bits per heavy atom. The number of hydrogen-bond acceptors (Lipinski definition) is 3. The largest absolute Gasteiger partial charge is 0.459 e. The van der Waals surface area contributed by atoms with Gasteiger partial charge in [-0.15, -0.1) is 0 Å². The van der Waals surface area contributed by atoms with Gasteiger partial charge in [0.05, 0.1) is 6.54 Å². The van der Waals surface area contributed by atoms with Crippen LogP contribution in [-0.4, -0.2) is 25.0 Å². The van der Waals surface area contributed by atoms with Crippen molar-refractivity contribution in [3.8, 4) is 0 Å². The van der Waals surface area contributed by atoms with Gasteiger partial charge < -0.3 is 14.6 Å². The Labute approximate surface area is 128 Å². The fourth-order valence-electron chi connectivity index (χ4n) is 2.68. The van der Waals surface area contributed by atoms with Crippen LogP contribution in [0.1, 0.15) is 44.4 Å². The summed E-state index contributed by atoms with van der Waals surface area (Å²) in [4.78, 5) is 2.41. The standard InChI is InChI=1S/C18H28N2O/c1-4-6-9-12-20(3)14-16-15-10-7-8-11-17(15)21-18(16)13-19-5-2/h7-8,10-11,19H,4-6,9,12-14H2,1-3H3. The van der Waals surface area contributed by atoms with E-state index in [1.165, 1.54) is 30.2 Å². The average molecular weight is 288 g/mol. The highest BCUT2D eigenvalue weighted by Crippen LogP contribution is 2.27. The summed E-state index contributed by atoms with van der Waals surface area (Å²) in [5, 5.41) is 4.64. The first-order valence-corrected chi connectivity index (χ1v) is 8.14. The molecule has 1 aromatic carbocycles. The second-order valence-corrected chi connectivity index (χ2v) is 5.73. The maximum Gasteiger partial charge on any atom is 0.134 e. The molecule has 0 fully saturated rings. The number of unbranched alkanes of at least 4 members (excludes halogenated alkanes) is 2. The summed E-state index contributed by atoms with van der Waals surface area (Å²) >= 11 is 0. The summed E-state index contributed by atoms with van der Waals surface area (Å²) in [5.41, 5.74) is 2.34. The third-order valence-electron chi connectivity index (χ3n) is 3.89. The molecule has 0 aliphatic rings. The maximum absolute atomic E-state index is 6.04. The highest BCUT2D eigenvalue weighted by atomic mass is 16.3. The van der Waals surface area contributed by atoms with Gasteiger partial charge in [0.1, 0.15) is 11.3 Å². The summed E-state index contributed by atoms with van der Waals surface area (Å²) in [6, 6.07) is 8.36. The summed E-state index contributed by atoms with van der Waals surface area (Å²) < 4.78 is 6.04. The lowest BCUT2D eigenvalue weighted by Crippen LogP contribution is -2.20. The molecular formula is C18H28N2O. The maximum atomic E-state index is 6.04. The number of nitrogens with one attached hydrogen (secondary N) is 1. The molecule has 3 nitrogen and oxygen atoms in total. The molecule has 116 valence electrons. The van der Waals surface area contributed by atoms with Crippen LogP contribution in [0.3, 0.4) is 0 Å². The first-order chi connectivity index (χ1) is 10.3. The van der Waals surface area contributed by atoms with Crippen LogP contribution in [0.4, 0.5) is 0 Å². The fourth-order valence-corrected chi connectivity index (χ4v) is 2.68. The van der Waals surface area contributed by atoms with E-state index in [9.17, 15) is 0 Å². The Balaban J connectivity index is 2.15. The van der Waals surface area contributed by atoms with Gasteiger partial charge in [-0.2, -0.15) is 0 Å². The smallest absolute Gasteiger partial charge is 0.134 e. The van der Waals surface area contributed by atoms with Crippen molar-refractivity contribution in [1.29, 1.82) is 0 Å². The molecule has 1 aromatic heterocycles. The van der Waals surface area contributed by atoms with Crippen LogP contribution in [0.5, 0.6) is 0 Å². The quantitative estimate of drug-likeness (QED) is 0.702. The lowest BCUT2D eigenvalue weighted by molar-refractivity contribution is 0.315. The van der Waals surface area contributed by atoms with Crippen molar-refractivity contribution in [2.45, 2.75) is 46.2 Å². The van der Waals surface area contributed by atoms with Gasteiger partial charge in [-0.05, 0) is 32.6 Å². The number of furan rings is 1. The molecule has 2 rings (SSSR count). The SMILES string of the molecule is CCCCCN(C)Cc1c(CNCC)oc2ccccc12. The Hall–Kier alpha value is -1.32. The zero-order chi connectivity index (χ0) is 15.1. The van der Waals surface area contributed by atoms with Crippen LogP contribution in [-0.2, 0) is 13.1 Å². The molecule has 1 heterocycles. The molecule has 0 amide bonds. The van der Waals surface area contributed by atoms with E-state index in [1.54, 1.807) is 0 Å². The van der Waals surface area contributed by atoms with Crippen molar-refractivity contribution in [3.63, 3.8) is 0 Å². The van der Waals surface area contributed by atoms with E-state index in [0.29, 0.717) is 0 Å². The topological polar surface area (TPSA) is 28.4 Å². The number of nitrogens with zero attached hydrogens (tertiary/aromatic N) is 1. The Morgan fingerprint density at radius 2 is 1.95 bits per heavy atom. The van der Waals surface area contributed by atoms with E-state index < -0.39 is 0 Å². The van der Waals surface area contributed by atoms with Crippen molar-refractivity contribution < 1.29 is 4.42 Å². The molecule has 0 bridgehead atoms. The highest BCUT2D eigenvalue weighted by Gasteiger charge is 2.14. The van der Waals surface area contributed by atoms with Gasteiger partial charge in [-0.3, -0.25) is 0 Å². The van der Waals surface area contributed by atoms with Crippen LogP contribution in [0.15, 0.2) is 28.7 Å². The fraction of sp³-hybridized carbons (Fsp3) is 0.556. The number of para-hydroxylation sites is 1. The lowest BCUT2D eigenvalue weighted by Gasteiger charge is -2.16. The molecule has 0 spiro atoms. The molecule has 0 saturated carbocycles. The van der Waals surface area contributed by atoms with Crippen molar-refractivity contribution in [2.75, 3.05) is 20.1 Å². The third-order valence-corrected chi connectivity index (χ3v) is 3.89. The van der Waals surface area contributed by atoms with E-state index in [0.717, 1.165) is 37.5 Å². The summed E-state index contributed by atoms with van der Waals surface area (Å²) in [5.74, 6) is 1.08. The van der Waals surface area contributed by atoms with E-state index in [4.69, 9.17) is 4.42 Å². The van der Waals surface area contributed by atoms with Gasteiger partial charge in [0.15, 0.2) is 0 Å². The normalized spacial score (nSPS) is 11.6. The van der Waals surface area contributed by atoms with Gasteiger partial charge in [0, 0.05) is 17.5 Å². The molecule has 0 unspecified atom stereocenters. The Morgan fingerprint density at radius 3 is 2.71 bits per heavy atom. The molecule has 0 radical (unpaired) electrons. The first kappa shape index (κ1) is 16.1. The van der Waals surface area contributed by atoms with Gasteiger partial charge in [0.25, 0.3) is 0 Å². The number of hydrogen-bond donors (Lipinski definition) is 1. The zero-order valence-corrected chi connectivity index (χ0v) is 13.6. The molecule has 0 saturated heterocycles. The van der Waals surface area contributed by atoms with E-state index in [2.05, 4.69) is 49.3 Å². The summed E-state index contributed by atoms with van der Waals surface area (Å²) in [7, 11) is 2.20. The van der Waals surface area contributed by atoms with E-state index in [1.807, 2.05) is 6.07 Å². The molecule has 2 aromatic rings. The van der Waals surface area contributed by atoms with Crippen LogP contribution >= 0.6 is 0 Å². The number of fused-ring (bicyclic) bond motifs is 1. The lowest BCUT2D eigenvalue weighted by atomic mass is 10.1. The number of benzene rings is 1. The second-order valence-electron chi connectivity index (χ2n) is 5.73. The molecule has 3 heteroatoms. The number of rotatable bonds is 9. The Kier molecular flexibility index (Phi) is 6.27. The van der Waals surface area contributed by atoms with Gasteiger partial charge >= 0.3 is 0 Å². The minimum Gasteiger partial charge on any atom is -0.459 e. The minimum absolute atomic E-state index is 0.809. The highest BCUT2D eigenvalue weighted by molar-refractivity contribution is 5.82. The van der Waals surface area contributed by atoms with E-state index >= 15 is 0 Å². The predicted molar refractivity (Wildman–Crippen MR) is 89.5 cm³/mol. The molecule has 0 aliphatic carbocycles. The van der Waals surface area contributed by atoms with E-state index in [-0.39, 0.29) is 0 Å². The summed E-state index contributed by atoms with van der Waals surface area (Å²) in [6.07, 6.45) is 3.85. The van der Waals surface area contributed by atoms with Gasteiger partial charge in [-0.1, -0.05) is 44.9 Å². The first-order valence-electron chi connectivity index (χ1n) is 8.14. The minimum atomic E-state index is 0.809. The monoisotopic (exact) mass is 288 g/mol. The molecule has 0 atom stereocenters. The van der Waals surface area contributed by atoms with Crippen molar-refractivity contribution in [3.05, 3.63) is 35.6 Å². The van der Waals surface area contributed by atoms with Crippen molar-refractivity contribution in [2.24, 2.45) is 0 Å². The van der Waals surface area contributed by atoms with Crippen molar-refractivity contribution in [1.82, 2.24) is 10.2 Å². The van der Waals surface area contributed by atoms with Crippen LogP contribution < -0.4 is 5.32 Å². The molecule has 0 aliphatic heterocycles. The predicted octanol–water partition coefficient (Wildman–Crippen LogP) is 4.16. The Bertz CT molecular complexity index is 547. The summed E-state index contributed by atoms with van der Waals surface area (Å²) in [6.45, 7) is 8.25. The van der Waals surface area contributed by atoms with Crippen molar-refractivity contribution >= 4 is 11.0 Å². The van der Waals surface area contributed by atoms with Crippen LogP contribution in [0, 0.1) is 0 Å². The van der Waals surface area contributed by atoms with Crippen LogP contribution in [0.25, 0.3) is 11.0 Å².